The van der Waals surface area contributed by atoms with Crippen molar-refractivity contribution in [3.05, 3.63) is 18.0 Å². The van der Waals surface area contributed by atoms with E-state index in [1.54, 1.807) is 4.68 Å². The highest BCUT2D eigenvalue weighted by molar-refractivity contribution is 5.81. The maximum Gasteiger partial charge on any atom is 0.227 e. The Balaban J connectivity index is 1.76. The normalized spacial score (nSPS) is 16.4. The van der Waals surface area contributed by atoms with Gasteiger partial charge in [-0.2, -0.15) is 5.10 Å². The molecule has 0 aliphatic carbocycles. The van der Waals surface area contributed by atoms with Gasteiger partial charge in [-0.1, -0.05) is 26.7 Å². The summed E-state index contributed by atoms with van der Waals surface area (Å²) in [4.78, 5) is 16.7. The molecule has 0 spiro atoms. The highest BCUT2D eigenvalue weighted by Crippen LogP contribution is 2.24. The lowest BCUT2D eigenvalue weighted by atomic mass is 9.91. The van der Waals surface area contributed by atoms with Crippen LogP contribution in [0, 0.1) is 23.7 Å². The summed E-state index contributed by atoms with van der Waals surface area (Å²) in [7, 11) is 2.14. The van der Waals surface area contributed by atoms with E-state index >= 15 is 0 Å². The molecule has 0 N–H and O–H groups in total. The van der Waals surface area contributed by atoms with E-state index in [-0.39, 0.29) is 11.3 Å². The zero-order valence-electron chi connectivity index (χ0n) is 15.5. The molecule has 132 valence electrons. The van der Waals surface area contributed by atoms with E-state index < -0.39 is 0 Å². The van der Waals surface area contributed by atoms with Crippen LogP contribution in [0.2, 0.25) is 0 Å². The van der Waals surface area contributed by atoms with Crippen molar-refractivity contribution < 1.29 is 4.79 Å². The van der Waals surface area contributed by atoms with Crippen molar-refractivity contribution in [3.8, 4) is 12.3 Å². The summed E-state index contributed by atoms with van der Waals surface area (Å²) in [6.45, 7) is 10.2. The van der Waals surface area contributed by atoms with Crippen molar-refractivity contribution in [2.75, 3.05) is 26.7 Å². The summed E-state index contributed by atoms with van der Waals surface area (Å²) in [5.74, 6) is 3.52. The zero-order chi connectivity index (χ0) is 17.7. The van der Waals surface area contributed by atoms with Crippen LogP contribution in [0.25, 0.3) is 0 Å². The number of aromatic nitrogens is 2. The molecule has 1 aliphatic heterocycles. The van der Waals surface area contributed by atoms with Gasteiger partial charge < -0.3 is 9.80 Å². The van der Waals surface area contributed by atoms with Crippen LogP contribution >= 0.6 is 0 Å². The Kier molecular flexibility index (Phi) is 6.06. The number of terminal acetylenes is 1. The van der Waals surface area contributed by atoms with Crippen molar-refractivity contribution in [2.24, 2.45) is 11.3 Å². The standard InChI is InChI=1S/C19H30N4O/c1-6-9-23-15-17(12-20-23)14-21(5)13-16-7-10-22(11-8-16)18(24)19(2,3)4/h1,12,15-16H,7-11,13-14H2,2-5H3. The number of piperidine rings is 1. The van der Waals surface area contributed by atoms with E-state index in [1.807, 2.05) is 38.1 Å². The third-order valence-electron chi connectivity index (χ3n) is 4.51. The zero-order valence-corrected chi connectivity index (χ0v) is 15.5. The highest BCUT2D eigenvalue weighted by atomic mass is 16.2. The monoisotopic (exact) mass is 330 g/mol. The van der Waals surface area contributed by atoms with Gasteiger partial charge in [0, 0.05) is 43.4 Å². The topological polar surface area (TPSA) is 41.4 Å². The van der Waals surface area contributed by atoms with Crippen LogP contribution in [-0.4, -0.2) is 52.2 Å². The lowest BCUT2D eigenvalue weighted by Gasteiger charge is -2.36. The summed E-state index contributed by atoms with van der Waals surface area (Å²) < 4.78 is 1.79. The fraction of sp³-hybridized carbons (Fsp3) is 0.684. The van der Waals surface area contributed by atoms with Crippen LogP contribution in [0.5, 0.6) is 0 Å². The Bertz CT molecular complexity index is 585. The van der Waals surface area contributed by atoms with Gasteiger partial charge in [-0.15, -0.1) is 6.42 Å². The van der Waals surface area contributed by atoms with E-state index in [1.165, 1.54) is 5.56 Å². The molecule has 0 radical (unpaired) electrons. The average Bonchev–Trinajstić information content (AvgIpc) is 2.94. The molecule has 1 aromatic heterocycles. The summed E-state index contributed by atoms with van der Waals surface area (Å²) in [5.41, 5.74) is 0.912. The van der Waals surface area contributed by atoms with Crippen LogP contribution in [0.1, 0.15) is 39.2 Å². The number of hydrogen-bond donors (Lipinski definition) is 0. The SMILES string of the molecule is C#CCn1cc(CN(C)CC2CCN(C(=O)C(C)(C)C)CC2)cn1. The Morgan fingerprint density at radius 3 is 2.67 bits per heavy atom. The molecular weight excluding hydrogens is 300 g/mol. The summed E-state index contributed by atoms with van der Waals surface area (Å²) in [5, 5.41) is 4.26. The van der Waals surface area contributed by atoms with Gasteiger partial charge in [0.05, 0.1) is 6.20 Å². The quantitative estimate of drug-likeness (QED) is 0.778. The fourth-order valence-corrected chi connectivity index (χ4v) is 3.28. The molecule has 1 aliphatic rings. The van der Waals surface area contributed by atoms with Crippen LogP contribution in [0.3, 0.4) is 0 Å². The number of carbonyl (C=O) groups is 1. The van der Waals surface area contributed by atoms with Gasteiger partial charge in [0.2, 0.25) is 5.91 Å². The molecule has 5 heteroatoms. The Morgan fingerprint density at radius 2 is 2.08 bits per heavy atom. The van der Waals surface area contributed by atoms with Crippen molar-refractivity contribution in [3.63, 3.8) is 0 Å². The van der Waals surface area contributed by atoms with Crippen LogP contribution in [0.4, 0.5) is 0 Å². The van der Waals surface area contributed by atoms with Crippen molar-refractivity contribution >= 4 is 5.91 Å². The number of nitrogens with zero attached hydrogens (tertiary/aromatic N) is 4. The third-order valence-corrected chi connectivity index (χ3v) is 4.51. The molecule has 1 amide bonds. The summed E-state index contributed by atoms with van der Waals surface area (Å²) in [6.07, 6.45) is 11.4. The molecule has 1 aromatic rings. The first-order valence-corrected chi connectivity index (χ1v) is 8.72. The Morgan fingerprint density at radius 1 is 1.42 bits per heavy atom. The molecule has 0 bridgehead atoms. The van der Waals surface area contributed by atoms with Crippen LogP contribution in [-0.2, 0) is 17.9 Å². The molecule has 5 nitrogen and oxygen atoms in total. The Hall–Kier alpha value is -1.80. The third kappa shape index (κ3) is 5.10. The van der Waals surface area contributed by atoms with Gasteiger partial charge in [0.25, 0.3) is 0 Å². The maximum atomic E-state index is 12.3. The van der Waals surface area contributed by atoms with E-state index in [9.17, 15) is 4.79 Å². The first-order valence-electron chi connectivity index (χ1n) is 8.72. The van der Waals surface area contributed by atoms with Gasteiger partial charge in [-0.05, 0) is 25.8 Å². The van der Waals surface area contributed by atoms with Gasteiger partial charge in [0.15, 0.2) is 0 Å². The molecule has 1 saturated heterocycles. The molecule has 0 saturated carbocycles. The largest absolute Gasteiger partial charge is 0.342 e. The lowest BCUT2D eigenvalue weighted by molar-refractivity contribution is -0.140. The fourth-order valence-electron chi connectivity index (χ4n) is 3.28. The molecule has 0 unspecified atom stereocenters. The molecule has 24 heavy (non-hydrogen) atoms. The first kappa shape index (κ1) is 18.5. The molecular formula is C19H30N4O. The molecule has 0 aromatic carbocycles. The minimum atomic E-state index is -0.276. The second kappa shape index (κ2) is 7.85. The van der Waals surface area contributed by atoms with Crippen LogP contribution in [0.15, 0.2) is 12.4 Å². The molecule has 0 atom stereocenters. The van der Waals surface area contributed by atoms with Crippen LogP contribution < -0.4 is 0 Å². The number of amides is 1. The molecule has 1 fully saturated rings. The minimum absolute atomic E-state index is 0.273. The second-order valence-electron chi connectivity index (χ2n) is 7.93. The second-order valence-corrected chi connectivity index (χ2v) is 7.93. The predicted octanol–water partition coefficient (Wildman–Crippen LogP) is 2.23. The van der Waals surface area contributed by atoms with Crippen molar-refractivity contribution in [2.45, 2.75) is 46.7 Å². The van der Waals surface area contributed by atoms with E-state index in [2.05, 4.69) is 23.0 Å². The van der Waals surface area contributed by atoms with E-state index in [4.69, 9.17) is 6.42 Å². The minimum Gasteiger partial charge on any atom is -0.342 e. The van der Waals surface area contributed by atoms with Gasteiger partial charge >= 0.3 is 0 Å². The first-order chi connectivity index (χ1) is 11.3. The Labute approximate surface area is 146 Å². The lowest BCUT2D eigenvalue weighted by Crippen LogP contribution is -2.45. The van der Waals surface area contributed by atoms with Crippen molar-refractivity contribution in [1.82, 2.24) is 19.6 Å². The molecule has 2 heterocycles. The van der Waals surface area contributed by atoms with E-state index in [0.29, 0.717) is 12.5 Å². The van der Waals surface area contributed by atoms with Gasteiger partial charge in [0.1, 0.15) is 6.54 Å². The smallest absolute Gasteiger partial charge is 0.227 e. The van der Waals surface area contributed by atoms with Gasteiger partial charge in [-0.3, -0.25) is 9.48 Å². The summed E-state index contributed by atoms with van der Waals surface area (Å²) in [6, 6.07) is 0. The number of rotatable bonds is 5. The molecule has 2 rings (SSSR count). The van der Waals surface area contributed by atoms with Gasteiger partial charge in [-0.25, -0.2) is 0 Å². The maximum absolute atomic E-state index is 12.3. The summed E-state index contributed by atoms with van der Waals surface area (Å²) >= 11 is 0. The number of likely N-dealkylation sites (tertiary alicyclic amines) is 1. The predicted molar refractivity (Wildman–Crippen MR) is 96.2 cm³/mol. The number of carbonyl (C=O) groups excluding carboxylic acids is 1. The number of hydrogen-bond acceptors (Lipinski definition) is 3. The average molecular weight is 330 g/mol. The van der Waals surface area contributed by atoms with Crippen molar-refractivity contribution in [1.29, 1.82) is 0 Å². The highest BCUT2D eigenvalue weighted by Gasteiger charge is 2.30. The van der Waals surface area contributed by atoms with E-state index in [0.717, 1.165) is 39.0 Å².